The Hall–Kier alpha value is -2.41. The van der Waals surface area contributed by atoms with Crippen molar-refractivity contribution < 1.29 is 14.7 Å². The summed E-state index contributed by atoms with van der Waals surface area (Å²) in [6.45, 7) is 1.49. The molecular weight excluding hydrogens is 302 g/mol. The summed E-state index contributed by atoms with van der Waals surface area (Å²) in [5, 5.41) is 18.8. The Morgan fingerprint density at radius 1 is 1.41 bits per heavy atom. The van der Waals surface area contributed by atoms with E-state index in [0.717, 1.165) is 17.3 Å². The molecule has 1 heterocycles. The molecule has 1 saturated heterocycles. The van der Waals surface area contributed by atoms with E-state index in [1.54, 1.807) is 6.08 Å². The third-order valence-corrected chi connectivity index (χ3v) is 4.24. The molecule has 22 heavy (non-hydrogen) atoms. The third kappa shape index (κ3) is 4.29. The number of amidine groups is 1. The van der Waals surface area contributed by atoms with Gasteiger partial charge in [-0.25, -0.2) is 0 Å². The number of rotatable bonds is 5. The number of allylic oxidation sites excluding steroid dienone is 1. The molecule has 2 N–H and O–H groups in total. The number of amides is 1. The molecule has 1 aromatic rings. The van der Waals surface area contributed by atoms with Gasteiger partial charge >= 0.3 is 5.97 Å². The Kier molecular flexibility index (Phi) is 5.48. The van der Waals surface area contributed by atoms with Gasteiger partial charge in [0, 0.05) is 6.21 Å². The molecule has 1 fully saturated rings. The summed E-state index contributed by atoms with van der Waals surface area (Å²) in [7, 11) is 0. The monoisotopic (exact) mass is 317 g/mol. The van der Waals surface area contributed by atoms with E-state index in [1.807, 2.05) is 36.4 Å². The fraction of sp³-hybridized carbons (Fsp3) is 0.200. The van der Waals surface area contributed by atoms with Crippen LogP contribution in [0.25, 0.3) is 6.08 Å². The molecular formula is C15H15N3O3S. The van der Waals surface area contributed by atoms with Crippen LogP contribution >= 0.6 is 11.8 Å². The number of aliphatic carboxylic acids is 1. The number of carboxylic acids is 1. The van der Waals surface area contributed by atoms with Gasteiger partial charge in [-0.05, 0) is 11.6 Å². The van der Waals surface area contributed by atoms with Crippen LogP contribution in [0.5, 0.6) is 0 Å². The van der Waals surface area contributed by atoms with Crippen molar-refractivity contribution in [2.75, 3.05) is 0 Å². The molecule has 0 aromatic heterocycles. The molecule has 0 radical (unpaired) electrons. The van der Waals surface area contributed by atoms with Crippen LogP contribution in [0.15, 0.2) is 46.6 Å². The standard InChI is InChI=1S/C15H15N3O3S/c1-10(14(20)21)12-13(19)17-15(22-12)18-16-9-5-8-11-6-3-2-4-7-11/h2-10,12H,1H3,(H,20,21)(H,17,18,19)/b8-5+,16-9-/t10-,12+/m0/s1. The molecule has 2 rings (SSSR count). The lowest BCUT2D eigenvalue weighted by atomic mass is 10.1. The van der Waals surface area contributed by atoms with Gasteiger partial charge in [0.15, 0.2) is 5.17 Å². The zero-order valence-electron chi connectivity index (χ0n) is 11.8. The number of thioether (sulfide) groups is 1. The van der Waals surface area contributed by atoms with Gasteiger partial charge in [0.05, 0.1) is 5.92 Å². The second-order valence-electron chi connectivity index (χ2n) is 4.59. The van der Waals surface area contributed by atoms with Gasteiger partial charge in [0.1, 0.15) is 5.25 Å². The van der Waals surface area contributed by atoms with Crippen molar-refractivity contribution in [1.82, 2.24) is 5.32 Å². The maximum absolute atomic E-state index is 11.7. The summed E-state index contributed by atoms with van der Waals surface area (Å²) < 4.78 is 0. The molecule has 1 aromatic carbocycles. The highest BCUT2D eigenvalue weighted by molar-refractivity contribution is 8.15. The van der Waals surface area contributed by atoms with Crippen LogP contribution in [0, 0.1) is 5.92 Å². The molecule has 2 atom stereocenters. The van der Waals surface area contributed by atoms with Gasteiger partial charge in [0.25, 0.3) is 0 Å². The maximum atomic E-state index is 11.7. The Morgan fingerprint density at radius 3 is 2.82 bits per heavy atom. The third-order valence-electron chi connectivity index (χ3n) is 2.96. The van der Waals surface area contributed by atoms with Crippen LogP contribution in [0.4, 0.5) is 0 Å². The van der Waals surface area contributed by atoms with Gasteiger partial charge in [-0.1, -0.05) is 55.1 Å². The number of carbonyl (C=O) groups is 2. The minimum Gasteiger partial charge on any atom is -0.481 e. The van der Waals surface area contributed by atoms with Crippen molar-refractivity contribution in [2.45, 2.75) is 12.2 Å². The highest BCUT2D eigenvalue weighted by atomic mass is 32.2. The molecule has 1 aliphatic heterocycles. The van der Waals surface area contributed by atoms with Crippen LogP contribution < -0.4 is 5.32 Å². The first-order valence-corrected chi connectivity index (χ1v) is 7.49. The van der Waals surface area contributed by atoms with Crippen LogP contribution in [0.2, 0.25) is 0 Å². The summed E-state index contributed by atoms with van der Waals surface area (Å²) in [5.41, 5.74) is 1.04. The maximum Gasteiger partial charge on any atom is 0.307 e. The van der Waals surface area contributed by atoms with E-state index in [1.165, 1.54) is 13.1 Å². The predicted octanol–water partition coefficient (Wildman–Crippen LogP) is 1.99. The summed E-state index contributed by atoms with van der Waals surface area (Å²) in [6.07, 6.45) is 5.11. The van der Waals surface area contributed by atoms with Crippen LogP contribution in [-0.2, 0) is 9.59 Å². The normalized spacial score (nSPS) is 21.6. The second-order valence-corrected chi connectivity index (χ2v) is 5.72. The second kappa shape index (κ2) is 7.56. The number of carboxylic acid groups (broad SMARTS) is 1. The summed E-state index contributed by atoms with van der Waals surface area (Å²) >= 11 is 1.08. The molecule has 0 aliphatic carbocycles. The molecule has 1 aliphatic rings. The van der Waals surface area contributed by atoms with E-state index in [0.29, 0.717) is 5.17 Å². The number of benzene rings is 1. The fourth-order valence-corrected chi connectivity index (χ4v) is 2.71. The number of nitrogens with zero attached hydrogens (tertiary/aromatic N) is 2. The SMILES string of the molecule is C[C@H](C(=O)O)[C@H]1S\C(=N/N=C\C=C\c2ccccc2)NC1=O. The molecule has 0 unspecified atom stereocenters. The lowest BCUT2D eigenvalue weighted by molar-refractivity contribution is -0.142. The molecule has 114 valence electrons. The topological polar surface area (TPSA) is 91.1 Å². The summed E-state index contributed by atoms with van der Waals surface area (Å²) in [4.78, 5) is 22.6. The molecule has 1 amide bonds. The molecule has 6 nitrogen and oxygen atoms in total. The first kappa shape index (κ1) is 16.0. The fourth-order valence-electron chi connectivity index (χ4n) is 1.73. The van der Waals surface area contributed by atoms with Crippen molar-refractivity contribution in [1.29, 1.82) is 0 Å². The smallest absolute Gasteiger partial charge is 0.307 e. The molecule has 0 spiro atoms. The van der Waals surface area contributed by atoms with Crippen LogP contribution in [-0.4, -0.2) is 33.6 Å². The van der Waals surface area contributed by atoms with Crippen molar-refractivity contribution in [3.8, 4) is 0 Å². The Bertz CT molecular complexity index is 641. The van der Waals surface area contributed by atoms with E-state index < -0.39 is 17.1 Å². The van der Waals surface area contributed by atoms with E-state index in [9.17, 15) is 9.59 Å². The van der Waals surface area contributed by atoms with E-state index in [-0.39, 0.29) is 5.91 Å². The average Bonchev–Trinajstić information content (AvgIpc) is 2.88. The Morgan fingerprint density at radius 2 is 2.14 bits per heavy atom. The number of hydrogen-bond donors (Lipinski definition) is 2. The van der Waals surface area contributed by atoms with Crippen LogP contribution in [0.1, 0.15) is 12.5 Å². The minimum absolute atomic E-state index is 0.312. The van der Waals surface area contributed by atoms with E-state index >= 15 is 0 Å². The summed E-state index contributed by atoms with van der Waals surface area (Å²) in [5.74, 6) is -2.14. The highest BCUT2D eigenvalue weighted by Crippen LogP contribution is 2.26. The number of nitrogens with one attached hydrogen (secondary N) is 1. The molecule has 7 heteroatoms. The molecule has 0 bridgehead atoms. The first-order chi connectivity index (χ1) is 10.6. The average molecular weight is 317 g/mol. The number of carbonyl (C=O) groups excluding carboxylic acids is 1. The van der Waals surface area contributed by atoms with Crippen molar-refractivity contribution in [3.63, 3.8) is 0 Å². The zero-order valence-corrected chi connectivity index (χ0v) is 12.7. The van der Waals surface area contributed by atoms with Gasteiger partial charge < -0.3 is 10.4 Å². The largest absolute Gasteiger partial charge is 0.481 e. The van der Waals surface area contributed by atoms with Gasteiger partial charge in [0.2, 0.25) is 5.91 Å². The van der Waals surface area contributed by atoms with Gasteiger partial charge in [-0.3, -0.25) is 9.59 Å². The first-order valence-electron chi connectivity index (χ1n) is 6.61. The summed E-state index contributed by atoms with van der Waals surface area (Å²) in [6, 6.07) is 9.73. The van der Waals surface area contributed by atoms with Crippen LogP contribution in [0.3, 0.4) is 0 Å². The number of hydrogen-bond acceptors (Lipinski definition) is 5. The lowest BCUT2D eigenvalue weighted by Crippen LogP contribution is -2.32. The zero-order chi connectivity index (χ0) is 15.9. The molecule has 0 saturated carbocycles. The van der Waals surface area contributed by atoms with Crippen molar-refractivity contribution >= 4 is 41.1 Å². The Balaban J connectivity index is 1.92. The quantitative estimate of drug-likeness (QED) is 0.642. The highest BCUT2D eigenvalue weighted by Gasteiger charge is 2.38. The predicted molar refractivity (Wildman–Crippen MR) is 87.7 cm³/mol. The lowest BCUT2D eigenvalue weighted by Gasteiger charge is -2.08. The van der Waals surface area contributed by atoms with Crippen molar-refractivity contribution in [2.24, 2.45) is 16.1 Å². The van der Waals surface area contributed by atoms with E-state index in [2.05, 4.69) is 15.5 Å². The van der Waals surface area contributed by atoms with Gasteiger partial charge in [-0.2, -0.15) is 5.10 Å². The minimum atomic E-state index is -1.01. The van der Waals surface area contributed by atoms with E-state index in [4.69, 9.17) is 5.11 Å². The Labute approximate surface area is 132 Å². The van der Waals surface area contributed by atoms with Gasteiger partial charge in [-0.15, -0.1) is 5.10 Å². The van der Waals surface area contributed by atoms with Crippen molar-refractivity contribution in [3.05, 3.63) is 42.0 Å².